The highest BCUT2D eigenvalue weighted by molar-refractivity contribution is 5.26. The van der Waals surface area contributed by atoms with E-state index in [1.54, 1.807) is 12.1 Å². The Morgan fingerprint density at radius 2 is 1.79 bits per heavy atom. The molecule has 19 heavy (non-hydrogen) atoms. The Bertz CT molecular complexity index is 376. The van der Waals surface area contributed by atoms with Gasteiger partial charge in [0, 0.05) is 37.8 Å². The molecule has 5 heteroatoms. The molecule has 1 aliphatic heterocycles. The first kappa shape index (κ1) is 14.4. The molecule has 3 nitrogen and oxygen atoms in total. The number of alkyl halides is 2. The molecular weight excluding hydrogens is 250 g/mol. The molecule has 0 spiro atoms. The molecule has 2 N–H and O–H groups in total. The van der Waals surface area contributed by atoms with Crippen molar-refractivity contribution in [1.82, 2.24) is 4.90 Å². The first-order valence-corrected chi connectivity index (χ1v) is 6.62. The fourth-order valence-electron chi connectivity index (χ4n) is 2.44. The quantitative estimate of drug-likeness (QED) is 0.912. The van der Waals surface area contributed by atoms with Crippen molar-refractivity contribution in [2.45, 2.75) is 18.9 Å². The Hall–Kier alpha value is -1.04. The first-order valence-electron chi connectivity index (χ1n) is 6.62. The zero-order valence-corrected chi connectivity index (χ0v) is 10.9. The molecule has 0 aliphatic carbocycles. The van der Waals surface area contributed by atoms with Crippen LogP contribution in [0.4, 0.5) is 8.78 Å². The van der Waals surface area contributed by atoms with E-state index in [0.29, 0.717) is 13.2 Å². The standard InChI is InChI=1S/C14H20F2N2O/c15-14(16)12-4-2-11(3-5-12)13(10-17)18-6-1-8-19-9-7-18/h2-5,13-14H,1,6-10,17H2. The van der Waals surface area contributed by atoms with E-state index < -0.39 is 6.43 Å². The molecule has 1 heterocycles. The van der Waals surface area contributed by atoms with Crippen LogP contribution >= 0.6 is 0 Å². The predicted octanol–water partition coefficient (Wildman–Crippen LogP) is 2.35. The van der Waals surface area contributed by atoms with Crippen LogP contribution in [-0.2, 0) is 4.74 Å². The highest BCUT2D eigenvalue weighted by atomic mass is 19.3. The summed E-state index contributed by atoms with van der Waals surface area (Å²) in [6, 6.07) is 6.55. The Morgan fingerprint density at radius 1 is 1.11 bits per heavy atom. The van der Waals surface area contributed by atoms with Crippen molar-refractivity contribution in [3.05, 3.63) is 35.4 Å². The summed E-state index contributed by atoms with van der Waals surface area (Å²) in [6.07, 6.45) is -1.44. The zero-order chi connectivity index (χ0) is 13.7. The second-order valence-corrected chi connectivity index (χ2v) is 4.72. The molecule has 0 amide bonds. The van der Waals surface area contributed by atoms with Gasteiger partial charge in [-0.3, -0.25) is 4.90 Å². The van der Waals surface area contributed by atoms with Crippen molar-refractivity contribution in [2.75, 3.05) is 32.8 Å². The third-order valence-electron chi connectivity index (χ3n) is 3.49. The van der Waals surface area contributed by atoms with Gasteiger partial charge in [0.05, 0.1) is 6.61 Å². The van der Waals surface area contributed by atoms with Crippen LogP contribution in [0.1, 0.15) is 30.0 Å². The SMILES string of the molecule is NCC(c1ccc(C(F)F)cc1)N1CCCOCC1. The van der Waals surface area contributed by atoms with Crippen LogP contribution < -0.4 is 5.73 Å². The smallest absolute Gasteiger partial charge is 0.263 e. The first-order chi connectivity index (χ1) is 9.22. The molecule has 1 aromatic rings. The number of nitrogens with zero attached hydrogens (tertiary/aromatic N) is 1. The lowest BCUT2D eigenvalue weighted by atomic mass is 10.0. The molecule has 1 aromatic carbocycles. The van der Waals surface area contributed by atoms with Crippen molar-refractivity contribution in [3.8, 4) is 0 Å². The van der Waals surface area contributed by atoms with Crippen molar-refractivity contribution < 1.29 is 13.5 Å². The maximum Gasteiger partial charge on any atom is 0.263 e. The normalized spacial score (nSPS) is 19.4. The van der Waals surface area contributed by atoms with Gasteiger partial charge in [-0.05, 0) is 12.0 Å². The van der Waals surface area contributed by atoms with Gasteiger partial charge in [0.25, 0.3) is 6.43 Å². The van der Waals surface area contributed by atoms with Crippen molar-refractivity contribution in [3.63, 3.8) is 0 Å². The van der Waals surface area contributed by atoms with Crippen LogP contribution in [-0.4, -0.2) is 37.7 Å². The summed E-state index contributed by atoms with van der Waals surface area (Å²) in [5, 5.41) is 0. The molecule has 0 aromatic heterocycles. The number of benzene rings is 1. The van der Waals surface area contributed by atoms with E-state index in [-0.39, 0.29) is 11.6 Å². The van der Waals surface area contributed by atoms with Gasteiger partial charge in [0.1, 0.15) is 0 Å². The maximum absolute atomic E-state index is 12.5. The average Bonchev–Trinajstić information content (AvgIpc) is 2.69. The van der Waals surface area contributed by atoms with Crippen LogP contribution in [0.3, 0.4) is 0 Å². The van der Waals surface area contributed by atoms with E-state index in [1.807, 2.05) is 0 Å². The third-order valence-corrected chi connectivity index (χ3v) is 3.49. The second-order valence-electron chi connectivity index (χ2n) is 4.72. The Balaban J connectivity index is 2.11. The third kappa shape index (κ3) is 3.72. The minimum Gasteiger partial charge on any atom is -0.380 e. The van der Waals surface area contributed by atoms with Crippen molar-refractivity contribution >= 4 is 0 Å². The number of hydrogen-bond donors (Lipinski definition) is 1. The molecule has 1 atom stereocenters. The maximum atomic E-state index is 12.5. The summed E-state index contributed by atoms with van der Waals surface area (Å²) in [5.74, 6) is 0. The summed E-state index contributed by atoms with van der Waals surface area (Å²) in [4.78, 5) is 2.27. The van der Waals surface area contributed by atoms with E-state index >= 15 is 0 Å². The topological polar surface area (TPSA) is 38.5 Å². The van der Waals surface area contributed by atoms with E-state index in [0.717, 1.165) is 31.7 Å². The second kappa shape index (κ2) is 6.93. The molecule has 2 rings (SSSR count). The van der Waals surface area contributed by atoms with Crippen molar-refractivity contribution in [2.24, 2.45) is 5.73 Å². The summed E-state index contributed by atoms with van der Waals surface area (Å²) < 4.78 is 30.5. The van der Waals surface area contributed by atoms with Gasteiger partial charge in [-0.1, -0.05) is 24.3 Å². The summed E-state index contributed by atoms with van der Waals surface area (Å²) in [5.41, 5.74) is 6.90. The van der Waals surface area contributed by atoms with Crippen LogP contribution in [0.2, 0.25) is 0 Å². The van der Waals surface area contributed by atoms with E-state index in [4.69, 9.17) is 10.5 Å². The fourth-order valence-corrected chi connectivity index (χ4v) is 2.44. The van der Waals surface area contributed by atoms with Crippen LogP contribution in [0.5, 0.6) is 0 Å². The Kier molecular flexibility index (Phi) is 5.24. The minimum atomic E-state index is -2.42. The van der Waals surface area contributed by atoms with E-state index in [2.05, 4.69) is 4.90 Å². The van der Waals surface area contributed by atoms with Gasteiger partial charge >= 0.3 is 0 Å². The molecule has 1 fully saturated rings. The van der Waals surface area contributed by atoms with Gasteiger partial charge in [0.15, 0.2) is 0 Å². The number of hydrogen-bond acceptors (Lipinski definition) is 3. The molecular formula is C14H20F2N2O. The Morgan fingerprint density at radius 3 is 2.42 bits per heavy atom. The van der Waals surface area contributed by atoms with Gasteiger partial charge in [0.2, 0.25) is 0 Å². The lowest BCUT2D eigenvalue weighted by molar-refractivity contribution is 0.132. The van der Waals surface area contributed by atoms with Crippen LogP contribution in [0, 0.1) is 0 Å². The van der Waals surface area contributed by atoms with Crippen molar-refractivity contribution in [1.29, 1.82) is 0 Å². The van der Waals surface area contributed by atoms with Gasteiger partial charge < -0.3 is 10.5 Å². The van der Waals surface area contributed by atoms with Gasteiger partial charge in [-0.25, -0.2) is 8.78 Å². The van der Waals surface area contributed by atoms with E-state index in [1.165, 1.54) is 12.1 Å². The van der Waals surface area contributed by atoms with Gasteiger partial charge in [-0.15, -0.1) is 0 Å². The number of rotatable bonds is 4. The summed E-state index contributed by atoms with van der Waals surface area (Å²) in [7, 11) is 0. The van der Waals surface area contributed by atoms with Crippen LogP contribution in [0.15, 0.2) is 24.3 Å². The lowest BCUT2D eigenvalue weighted by Crippen LogP contribution is -2.35. The molecule has 1 unspecified atom stereocenters. The minimum absolute atomic E-state index is 0.0544. The average molecular weight is 270 g/mol. The number of ether oxygens (including phenoxy) is 1. The molecule has 106 valence electrons. The summed E-state index contributed by atoms with van der Waals surface area (Å²) in [6.45, 7) is 3.72. The highest BCUT2D eigenvalue weighted by Gasteiger charge is 2.20. The lowest BCUT2D eigenvalue weighted by Gasteiger charge is -2.29. The predicted molar refractivity (Wildman–Crippen MR) is 70.2 cm³/mol. The van der Waals surface area contributed by atoms with Gasteiger partial charge in [-0.2, -0.15) is 0 Å². The zero-order valence-electron chi connectivity index (χ0n) is 10.9. The number of halogens is 2. The Labute approximate surface area is 112 Å². The molecule has 0 bridgehead atoms. The monoisotopic (exact) mass is 270 g/mol. The molecule has 0 saturated carbocycles. The fraction of sp³-hybridized carbons (Fsp3) is 0.571. The number of nitrogens with two attached hydrogens (primary N) is 1. The molecule has 0 radical (unpaired) electrons. The van der Waals surface area contributed by atoms with Crippen LogP contribution in [0.25, 0.3) is 0 Å². The molecule has 1 saturated heterocycles. The largest absolute Gasteiger partial charge is 0.380 e. The molecule has 1 aliphatic rings. The highest BCUT2D eigenvalue weighted by Crippen LogP contribution is 2.24. The summed E-state index contributed by atoms with van der Waals surface area (Å²) >= 11 is 0. The van der Waals surface area contributed by atoms with E-state index in [9.17, 15) is 8.78 Å².